The molecule has 0 radical (unpaired) electrons. The Balaban J connectivity index is 1.64. The molecule has 0 saturated carbocycles. The van der Waals surface area contributed by atoms with Crippen molar-refractivity contribution in [2.75, 3.05) is 18.0 Å². The Morgan fingerprint density at radius 2 is 2.09 bits per heavy atom. The van der Waals surface area contributed by atoms with Gasteiger partial charge in [-0.2, -0.15) is 5.26 Å². The van der Waals surface area contributed by atoms with Crippen LogP contribution in [0.25, 0.3) is 0 Å². The van der Waals surface area contributed by atoms with E-state index in [4.69, 9.17) is 4.74 Å². The molecule has 2 aromatic heterocycles. The fourth-order valence-corrected chi connectivity index (χ4v) is 2.95. The van der Waals surface area contributed by atoms with Gasteiger partial charge in [-0.25, -0.2) is 9.97 Å². The Kier molecular flexibility index (Phi) is 4.72. The highest BCUT2D eigenvalue weighted by molar-refractivity contribution is 9.10. The normalized spacial score (nSPS) is 15.3. The van der Waals surface area contributed by atoms with Crippen molar-refractivity contribution in [1.82, 2.24) is 15.0 Å². The van der Waals surface area contributed by atoms with Crippen molar-refractivity contribution in [2.45, 2.75) is 25.9 Å². The van der Waals surface area contributed by atoms with Crippen molar-refractivity contribution in [3.8, 4) is 11.9 Å². The fourth-order valence-electron chi connectivity index (χ4n) is 2.62. The predicted molar refractivity (Wildman–Crippen MR) is 89.3 cm³/mol. The van der Waals surface area contributed by atoms with Gasteiger partial charge in [0, 0.05) is 42.8 Å². The molecule has 2 aromatic rings. The van der Waals surface area contributed by atoms with Crippen molar-refractivity contribution in [3.05, 3.63) is 40.4 Å². The number of hydrogen-bond donors (Lipinski definition) is 0. The third-order valence-corrected chi connectivity index (χ3v) is 4.15. The number of aryl methyl sites for hydroxylation is 1. The van der Waals surface area contributed by atoms with E-state index >= 15 is 0 Å². The van der Waals surface area contributed by atoms with Crippen molar-refractivity contribution >= 4 is 21.7 Å². The van der Waals surface area contributed by atoms with Crippen LogP contribution in [0.5, 0.6) is 5.88 Å². The van der Waals surface area contributed by atoms with Crippen molar-refractivity contribution in [3.63, 3.8) is 0 Å². The molecule has 1 fully saturated rings. The molecule has 1 aliphatic rings. The zero-order valence-corrected chi connectivity index (χ0v) is 14.3. The quantitative estimate of drug-likeness (QED) is 0.823. The third-order valence-electron chi connectivity index (χ3n) is 3.72. The Labute approximate surface area is 143 Å². The maximum atomic E-state index is 9.27. The molecule has 0 atom stereocenters. The summed E-state index contributed by atoms with van der Waals surface area (Å²) >= 11 is 3.35. The largest absolute Gasteiger partial charge is 0.473 e. The molecule has 0 unspecified atom stereocenters. The highest BCUT2D eigenvalue weighted by Crippen LogP contribution is 2.25. The summed E-state index contributed by atoms with van der Waals surface area (Å²) in [6, 6.07) is 4.01. The summed E-state index contributed by atoms with van der Waals surface area (Å²) in [4.78, 5) is 14.9. The Morgan fingerprint density at radius 1 is 1.30 bits per heavy atom. The van der Waals surface area contributed by atoms with E-state index in [-0.39, 0.29) is 6.10 Å². The van der Waals surface area contributed by atoms with Gasteiger partial charge in [-0.15, -0.1) is 0 Å². The lowest BCUT2D eigenvalue weighted by Crippen LogP contribution is -2.39. The third kappa shape index (κ3) is 3.77. The molecule has 1 aliphatic heterocycles. The first kappa shape index (κ1) is 15.7. The fraction of sp³-hybridized carbons (Fsp3) is 0.375. The van der Waals surface area contributed by atoms with E-state index in [9.17, 15) is 5.26 Å². The molecule has 7 heteroatoms. The number of nitrogens with zero attached hydrogens (tertiary/aromatic N) is 5. The molecule has 0 N–H and O–H groups in total. The van der Waals surface area contributed by atoms with Crippen LogP contribution in [0.3, 0.4) is 0 Å². The van der Waals surface area contributed by atoms with Crippen LogP contribution in [-0.2, 0) is 0 Å². The second kappa shape index (κ2) is 6.92. The van der Waals surface area contributed by atoms with Crippen LogP contribution in [0.15, 0.2) is 29.1 Å². The van der Waals surface area contributed by atoms with Gasteiger partial charge in [-0.1, -0.05) is 0 Å². The molecular weight excluding hydrogens is 358 g/mol. The highest BCUT2D eigenvalue weighted by Gasteiger charge is 2.23. The molecule has 3 heterocycles. The van der Waals surface area contributed by atoms with Gasteiger partial charge >= 0.3 is 0 Å². The van der Waals surface area contributed by atoms with Crippen LogP contribution in [0.1, 0.15) is 24.1 Å². The van der Waals surface area contributed by atoms with Crippen LogP contribution in [0.2, 0.25) is 0 Å². The molecule has 0 aromatic carbocycles. The topological polar surface area (TPSA) is 74.9 Å². The van der Waals surface area contributed by atoms with Gasteiger partial charge in [0.15, 0.2) is 0 Å². The van der Waals surface area contributed by atoms with Crippen LogP contribution >= 0.6 is 15.9 Å². The summed E-state index contributed by atoms with van der Waals surface area (Å²) < 4.78 is 6.72. The van der Waals surface area contributed by atoms with Crippen molar-refractivity contribution in [2.24, 2.45) is 0 Å². The molecule has 6 nitrogen and oxygen atoms in total. The van der Waals surface area contributed by atoms with Gasteiger partial charge in [0.1, 0.15) is 18.0 Å². The van der Waals surface area contributed by atoms with Gasteiger partial charge in [-0.3, -0.25) is 4.98 Å². The summed E-state index contributed by atoms with van der Waals surface area (Å²) in [5.74, 6) is 1.31. The Hall–Kier alpha value is -2.20. The predicted octanol–water partition coefficient (Wildman–Crippen LogP) is 2.86. The van der Waals surface area contributed by atoms with E-state index in [2.05, 4.69) is 41.9 Å². The maximum Gasteiger partial charge on any atom is 0.232 e. The van der Waals surface area contributed by atoms with E-state index in [1.165, 1.54) is 0 Å². The minimum atomic E-state index is 0.114. The van der Waals surface area contributed by atoms with Gasteiger partial charge in [-0.05, 0) is 28.9 Å². The van der Waals surface area contributed by atoms with Crippen LogP contribution in [0.4, 0.5) is 5.82 Å². The molecule has 0 bridgehead atoms. The number of hydrogen-bond acceptors (Lipinski definition) is 6. The number of piperidine rings is 1. The average molecular weight is 374 g/mol. The van der Waals surface area contributed by atoms with Crippen LogP contribution in [-0.4, -0.2) is 34.1 Å². The Morgan fingerprint density at radius 3 is 2.78 bits per heavy atom. The first-order valence-corrected chi connectivity index (χ1v) is 8.21. The van der Waals surface area contributed by atoms with Gasteiger partial charge in [0.05, 0.1) is 17.5 Å². The van der Waals surface area contributed by atoms with E-state index < -0.39 is 0 Å². The molecule has 0 amide bonds. The SMILES string of the molecule is Cc1cncc(OC2CCN(c3ncc(Br)cc3C#N)CC2)n1. The van der Waals surface area contributed by atoms with Crippen LogP contribution in [0, 0.1) is 18.3 Å². The smallest absolute Gasteiger partial charge is 0.232 e. The summed E-state index contributed by atoms with van der Waals surface area (Å²) in [6.45, 7) is 3.49. The molecule has 23 heavy (non-hydrogen) atoms. The number of halogens is 1. The number of nitriles is 1. The Bertz CT molecular complexity index is 737. The number of anilines is 1. The minimum Gasteiger partial charge on any atom is -0.473 e. The number of aromatic nitrogens is 3. The average Bonchev–Trinajstić information content (AvgIpc) is 2.56. The molecule has 118 valence electrons. The van der Waals surface area contributed by atoms with E-state index in [0.717, 1.165) is 41.9 Å². The lowest BCUT2D eigenvalue weighted by Gasteiger charge is -2.33. The second-order valence-electron chi connectivity index (χ2n) is 5.44. The molecule has 3 rings (SSSR count). The van der Waals surface area contributed by atoms with E-state index in [1.807, 2.05) is 6.92 Å². The lowest BCUT2D eigenvalue weighted by atomic mass is 10.1. The second-order valence-corrected chi connectivity index (χ2v) is 6.36. The maximum absolute atomic E-state index is 9.27. The standard InChI is InChI=1S/C16H16BrN5O/c1-11-8-19-10-15(21-11)23-14-2-4-22(5-3-14)16-12(7-18)6-13(17)9-20-16/h6,8-10,14H,2-5H2,1H3. The van der Waals surface area contributed by atoms with Gasteiger partial charge in [0.25, 0.3) is 0 Å². The molecule has 0 spiro atoms. The summed E-state index contributed by atoms with van der Waals surface area (Å²) in [6.07, 6.45) is 6.90. The minimum absolute atomic E-state index is 0.114. The summed E-state index contributed by atoms with van der Waals surface area (Å²) in [5.41, 5.74) is 1.43. The first-order chi connectivity index (χ1) is 11.2. The summed E-state index contributed by atoms with van der Waals surface area (Å²) in [7, 11) is 0. The van der Waals surface area contributed by atoms with Gasteiger partial charge < -0.3 is 9.64 Å². The monoisotopic (exact) mass is 373 g/mol. The number of rotatable bonds is 3. The summed E-state index contributed by atoms with van der Waals surface area (Å²) in [5, 5.41) is 9.27. The number of pyridine rings is 1. The van der Waals surface area contributed by atoms with Crippen molar-refractivity contribution < 1.29 is 4.74 Å². The zero-order chi connectivity index (χ0) is 16.2. The number of ether oxygens (including phenoxy) is 1. The molecular formula is C16H16BrN5O. The first-order valence-electron chi connectivity index (χ1n) is 7.41. The van der Waals surface area contributed by atoms with Gasteiger partial charge in [0.2, 0.25) is 5.88 Å². The molecule has 0 aliphatic carbocycles. The van der Waals surface area contributed by atoms with E-state index in [1.54, 1.807) is 24.7 Å². The zero-order valence-electron chi connectivity index (χ0n) is 12.7. The van der Waals surface area contributed by atoms with Crippen molar-refractivity contribution in [1.29, 1.82) is 5.26 Å². The van der Waals surface area contributed by atoms with Crippen LogP contribution < -0.4 is 9.64 Å². The van der Waals surface area contributed by atoms with E-state index in [0.29, 0.717) is 11.4 Å². The highest BCUT2D eigenvalue weighted by atomic mass is 79.9. The molecule has 1 saturated heterocycles. The lowest BCUT2D eigenvalue weighted by molar-refractivity contribution is 0.163.